The first-order valence-electron chi connectivity index (χ1n) is 9.41. The maximum atomic E-state index is 11.5. The van der Waals surface area contributed by atoms with E-state index in [9.17, 15) is 4.79 Å². The Labute approximate surface area is 156 Å². The lowest BCUT2D eigenvalue weighted by Gasteiger charge is -2.13. The summed E-state index contributed by atoms with van der Waals surface area (Å²) in [6, 6.07) is 10.3. The topological polar surface area (TPSA) is 17.1 Å². The molecule has 1 heteroatoms. The van der Waals surface area contributed by atoms with Gasteiger partial charge in [0.25, 0.3) is 0 Å². The summed E-state index contributed by atoms with van der Waals surface area (Å²) >= 11 is 0. The Hall–Kier alpha value is -1.89. The second-order valence-corrected chi connectivity index (χ2v) is 6.00. The SMILES string of the molecule is C=C(C)/C=C\C(=C/C)CC(CCC)C(C)=O.CC.Cc1ccccc1. The van der Waals surface area contributed by atoms with Crippen molar-refractivity contribution < 1.29 is 4.79 Å². The van der Waals surface area contributed by atoms with Crippen molar-refractivity contribution in [3.63, 3.8) is 0 Å². The Morgan fingerprint density at radius 3 is 2.00 bits per heavy atom. The molecule has 1 atom stereocenters. The van der Waals surface area contributed by atoms with Gasteiger partial charge in [-0.1, -0.05) is 99.0 Å². The monoisotopic (exact) mass is 342 g/mol. The van der Waals surface area contributed by atoms with Crippen LogP contribution >= 0.6 is 0 Å². The van der Waals surface area contributed by atoms with E-state index in [0.717, 1.165) is 24.8 Å². The normalized spacial score (nSPS) is 11.7. The minimum Gasteiger partial charge on any atom is -0.300 e. The highest BCUT2D eigenvalue weighted by molar-refractivity contribution is 5.78. The van der Waals surface area contributed by atoms with Gasteiger partial charge in [0.1, 0.15) is 5.78 Å². The van der Waals surface area contributed by atoms with Crippen LogP contribution < -0.4 is 0 Å². The van der Waals surface area contributed by atoms with Crippen LogP contribution in [0.3, 0.4) is 0 Å². The first kappa shape index (κ1) is 25.4. The third-order valence-corrected chi connectivity index (χ3v) is 3.59. The zero-order valence-electron chi connectivity index (χ0n) is 17.4. The zero-order chi connectivity index (χ0) is 19.7. The van der Waals surface area contributed by atoms with Gasteiger partial charge < -0.3 is 0 Å². The molecule has 1 rings (SSSR count). The maximum absolute atomic E-state index is 11.5. The largest absolute Gasteiger partial charge is 0.300 e. The number of rotatable bonds is 7. The molecule has 0 fully saturated rings. The first-order valence-corrected chi connectivity index (χ1v) is 9.41. The van der Waals surface area contributed by atoms with Crippen LogP contribution in [0.25, 0.3) is 0 Å². The lowest BCUT2D eigenvalue weighted by molar-refractivity contribution is -0.120. The van der Waals surface area contributed by atoms with E-state index in [2.05, 4.69) is 44.7 Å². The van der Waals surface area contributed by atoms with Crippen molar-refractivity contribution in [1.29, 1.82) is 0 Å². The van der Waals surface area contributed by atoms with Gasteiger partial charge in [-0.05, 0) is 40.5 Å². The number of aryl methyl sites for hydroxylation is 1. The molecule has 0 aliphatic rings. The molecule has 1 nitrogen and oxygen atoms in total. The fraction of sp³-hybridized carbons (Fsp3) is 0.458. The summed E-state index contributed by atoms with van der Waals surface area (Å²) in [6.07, 6.45) is 9.03. The number of benzene rings is 1. The molecule has 0 spiro atoms. The minimum atomic E-state index is 0.172. The number of Topliss-reactive ketones (excluding diaryl/α,β-unsaturated/α-hetero) is 1. The number of carbonyl (C=O) groups excluding carboxylic acids is 1. The van der Waals surface area contributed by atoms with Crippen LogP contribution in [0.4, 0.5) is 0 Å². The summed E-state index contributed by atoms with van der Waals surface area (Å²) in [6.45, 7) is 17.7. The molecule has 0 saturated heterocycles. The Kier molecular flexibility index (Phi) is 17.2. The molecular weight excluding hydrogens is 304 g/mol. The van der Waals surface area contributed by atoms with E-state index in [1.165, 1.54) is 11.1 Å². The van der Waals surface area contributed by atoms with Gasteiger partial charge in [-0.2, -0.15) is 0 Å². The Morgan fingerprint density at radius 2 is 1.68 bits per heavy atom. The maximum Gasteiger partial charge on any atom is 0.133 e. The van der Waals surface area contributed by atoms with E-state index in [1.807, 2.05) is 52.0 Å². The molecule has 0 aromatic heterocycles. The van der Waals surface area contributed by atoms with Crippen molar-refractivity contribution in [2.45, 2.75) is 67.7 Å². The highest BCUT2D eigenvalue weighted by Crippen LogP contribution is 2.19. The summed E-state index contributed by atoms with van der Waals surface area (Å²) < 4.78 is 0. The Balaban J connectivity index is 0. The van der Waals surface area contributed by atoms with Crippen molar-refractivity contribution in [1.82, 2.24) is 0 Å². The minimum absolute atomic E-state index is 0.172. The van der Waals surface area contributed by atoms with Gasteiger partial charge in [0.05, 0.1) is 0 Å². The summed E-state index contributed by atoms with van der Waals surface area (Å²) in [7, 11) is 0. The average Bonchev–Trinajstić information content (AvgIpc) is 2.60. The van der Waals surface area contributed by atoms with Crippen molar-refractivity contribution in [3.05, 3.63) is 71.8 Å². The summed E-state index contributed by atoms with van der Waals surface area (Å²) in [5.74, 6) is 0.468. The van der Waals surface area contributed by atoms with Crippen LogP contribution in [-0.2, 0) is 4.79 Å². The van der Waals surface area contributed by atoms with Gasteiger partial charge in [0.2, 0.25) is 0 Å². The fourth-order valence-corrected chi connectivity index (χ4v) is 2.15. The van der Waals surface area contributed by atoms with Gasteiger partial charge in [0, 0.05) is 5.92 Å². The summed E-state index contributed by atoms with van der Waals surface area (Å²) in [5, 5.41) is 0. The van der Waals surface area contributed by atoms with Crippen LogP contribution in [0.15, 0.2) is 66.3 Å². The second kappa shape index (κ2) is 17.0. The van der Waals surface area contributed by atoms with Gasteiger partial charge in [-0.25, -0.2) is 0 Å². The number of hydrogen-bond acceptors (Lipinski definition) is 1. The number of ketones is 1. The molecule has 0 aliphatic carbocycles. The van der Waals surface area contributed by atoms with E-state index in [-0.39, 0.29) is 5.92 Å². The van der Waals surface area contributed by atoms with Gasteiger partial charge in [-0.3, -0.25) is 4.79 Å². The average molecular weight is 343 g/mol. The van der Waals surface area contributed by atoms with E-state index in [1.54, 1.807) is 6.92 Å². The van der Waals surface area contributed by atoms with Crippen LogP contribution in [0.2, 0.25) is 0 Å². The summed E-state index contributed by atoms with van der Waals surface area (Å²) in [5.41, 5.74) is 3.58. The number of allylic oxidation sites excluding steroid dienone is 5. The van der Waals surface area contributed by atoms with E-state index < -0.39 is 0 Å². The lowest BCUT2D eigenvalue weighted by Crippen LogP contribution is -2.11. The Morgan fingerprint density at radius 1 is 1.12 bits per heavy atom. The van der Waals surface area contributed by atoms with Crippen molar-refractivity contribution in [3.8, 4) is 0 Å². The molecule has 0 heterocycles. The molecule has 0 N–H and O–H groups in total. The van der Waals surface area contributed by atoms with Gasteiger partial charge >= 0.3 is 0 Å². The molecule has 0 aliphatic heterocycles. The molecule has 0 radical (unpaired) electrons. The molecular formula is C24H38O. The molecule has 0 amide bonds. The first-order chi connectivity index (χ1) is 11.9. The second-order valence-electron chi connectivity index (χ2n) is 6.00. The predicted molar refractivity (Wildman–Crippen MR) is 114 cm³/mol. The molecule has 1 aromatic rings. The summed E-state index contributed by atoms with van der Waals surface area (Å²) in [4.78, 5) is 11.5. The lowest BCUT2D eigenvalue weighted by atomic mass is 9.91. The highest BCUT2D eigenvalue weighted by Gasteiger charge is 2.13. The van der Waals surface area contributed by atoms with Crippen LogP contribution in [0.1, 0.15) is 66.4 Å². The molecule has 25 heavy (non-hydrogen) atoms. The molecule has 0 bridgehead atoms. The quantitative estimate of drug-likeness (QED) is 0.469. The van der Waals surface area contributed by atoms with Gasteiger partial charge in [0.15, 0.2) is 0 Å². The van der Waals surface area contributed by atoms with Gasteiger partial charge in [-0.15, -0.1) is 0 Å². The fourth-order valence-electron chi connectivity index (χ4n) is 2.15. The Bertz CT molecular complexity index is 520. The highest BCUT2D eigenvalue weighted by atomic mass is 16.1. The van der Waals surface area contributed by atoms with E-state index >= 15 is 0 Å². The van der Waals surface area contributed by atoms with E-state index in [4.69, 9.17) is 0 Å². The van der Waals surface area contributed by atoms with Crippen LogP contribution in [-0.4, -0.2) is 5.78 Å². The predicted octanol–water partition coefficient (Wildman–Crippen LogP) is 7.48. The van der Waals surface area contributed by atoms with Crippen molar-refractivity contribution in [2.24, 2.45) is 5.92 Å². The number of carbonyl (C=O) groups is 1. The van der Waals surface area contributed by atoms with E-state index in [0.29, 0.717) is 5.78 Å². The molecule has 1 aromatic carbocycles. The van der Waals surface area contributed by atoms with Crippen molar-refractivity contribution >= 4 is 5.78 Å². The smallest absolute Gasteiger partial charge is 0.133 e. The molecule has 1 unspecified atom stereocenters. The zero-order valence-corrected chi connectivity index (χ0v) is 17.4. The molecule has 140 valence electrons. The molecule has 0 saturated carbocycles. The standard InChI is InChI=1S/C15H24O.C7H8.C2H6/c1-6-8-15(13(5)16)11-14(7-2)10-9-12(3)4;1-7-5-3-2-4-6-7;1-2/h7,9-10,15H,3,6,8,11H2,1-2,4-5H3;2-6H,1H3;1-2H3/b10-9-,14-7+;;. The third kappa shape index (κ3) is 15.4. The van der Waals surface area contributed by atoms with Crippen molar-refractivity contribution in [2.75, 3.05) is 0 Å². The van der Waals surface area contributed by atoms with Crippen LogP contribution in [0, 0.1) is 12.8 Å². The number of hydrogen-bond donors (Lipinski definition) is 0. The third-order valence-electron chi connectivity index (χ3n) is 3.59. The van der Waals surface area contributed by atoms with Crippen LogP contribution in [0.5, 0.6) is 0 Å².